The zero-order valence-corrected chi connectivity index (χ0v) is 15.0. The molecule has 1 heterocycles. The molecule has 1 aliphatic rings. The van der Waals surface area contributed by atoms with Gasteiger partial charge >= 0.3 is 0 Å². The van der Waals surface area contributed by atoms with Crippen molar-refractivity contribution in [2.24, 2.45) is 0 Å². The van der Waals surface area contributed by atoms with E-state index in [0.29, 0.717) is 5.02 Å². The van der Waals surface area contributed by atoms with Gasteiger partial charge in [0, 0.05) is 40.8 Å². The Morgan fingerprint density at radius 3 is 2.43 bits per heavy atom. The smallest absolute Gasteiger partial charge is 0.0465 e. The minimum Gasteiger partial charge on any atom is -0.309 e. The van der Waals surface area contributed by atoms with Gasteiger partial charge in [-0.05, 0) is 44.4 Å². The molecular weight excluding hydrogens is 303 g/mol. The predicted octanol–water partition coefficient (Wildman–Crippen LogP) is 4.74. The quantitative estimate of drug-likeness (QED) is 0.859. The van der Waals surface area contributed by atoms with Gasteiger partial charge < -0.3 is 5.32 Å². The van der Waals surface area contributed by atoms with E-state index < -0.39 is 0 Å². The zero-order chi connectivity index (χ0) is 15.7. The van der Waals surface area contributed by atoms with Crippen LogP contribution in [-0.2, 0) is 6.54 Å². The maximum absolute atomic E-state index is 6.37. The fourth-order valence-electron chi connectivity index (χ4n) is 3.24. The second-order valence-electron chi connectivity index (χ2n) is 6.76. The fraction of sp³-hybridized carbons (Fsp3) is 0.647. The number of nitrogens with zero attached hydrogens (tertiary/aromatic N) is 1. The van der Waals surface area contributed by atoms with Crippen LogP contribution in [0.2, 0.25) is 10.0 Å². The lowest BCUT2D eigenvalue weighted by molar-refractivity contribution is 0.00235. The van der Waals surface area contributed by atoms with Gasteiger partial charge in [0.2, 0.25) is 0 Å². The molecule has 1 aromatic carbocycles. The second-order valence-corrected chi connectivity index (χ2v) is 7.60. The highest BCUT2D eigenvalue weighted by molar-refractivity contribution is 6.35. The molecule has 0 aromatic heterocycles. The molecule has 118 valence electrons. The van der Waals surface area contributed by atoms with E-state index >= 15 is 0 Å². The first-order chi connectivity index (χ1) is 9.82. The highest BCUT2D eigenvalue weighted by atomic mass is 35.5. The Kier molecular flexibility index (Phi) is 5.25. The normalized spacial score (nSPS) is 21.4. The number of piperazine rings is 1. The maximum atomic E-state index is 6.37. The third-order valence-electron chi connectivity index (χ3n) is 4.85. The van der Waals surface area contributed by atoms with Gasteiger partial charge in [0.15, 0.2) is 0 Å². The maximum Gasteiger partial charge on any atom is 0.0465 e. The van der Waals surface area contributed by atoms with Crippen molar-refractivity contribution < 1.29 is 0 Å². The molecule has 1 saturated heterocycles. The molecule has 2 rings (SSSR count). The molecule has 0 spiro atoms. The molecule has 1 aromatic rings. The van der Waals surface area contributed by atoms with Gasteiger partial charge in [0.25, 0.3) is 0 Å². The number of rotatable bonds is 4. The van der Waals surface area contributed by atoms with Crippen molar-refractivity contribution in [2.75, 3.05) is 13.1 Å². The van der Waals surface area contributed by atoms with Crippen LogP contribution in [0.4, 0.5) is 0 Å². The van der Waals surface area contributed by atoms with Gasteiger partial charge in [-0.15, -0.1) is 0 Å². The van der Waals surface area contributed by atoms with E-state index in [1.165, 1.54) is 0 Å². The third-order valence-corrected chi connectivity index (χ3v) is 5.43. The van der Waals surface area contributed by atoms with Gasteiger partial charge in [-0.3, -0.25) is 4.90 Å². The minimum absolute atomic E-state index is 0.132. The summed E-state index contributed by atoms with van der Waals surface area (Å²) in [4.78, 5) is 2.60. The largest absolute Gasteiger partial charge is 0.309 e. The van der Waals surface area contributed by atoms with E-state index in [0.717, 1.165) is 43.1 Å². The number of halogens is 2. The van der Waals surface area contributed by atoms with Crippen LogP contribution in [0, 0.1) is 0 Å². The lowest BCUT2D eigenvalue weighted by atomic mass is 9.84. The average molecular weight is 329 g/mol. The number of benzene rings is 1. The van der Waals surface area contributed by atoms with Crippen molar-refractivity contribution in [3.63, 3.8) is 0 Å². The summed E-state index contributed by atoms with van der Waals surface area (Å²) >= 11 is 12.4. The molecule has 21 heavy (non-hydrogen) atoms. The van der Waals surface area contributed by atoms with Crippen LogP contribution in [0.25, 0.3) is 0 Å². The predicted molar refractivity (Wildman–Crippen MR) is 92.3 cm³/mol. The monoisotopic (exact) mass is 328 g/mol. The number of hydrogen-bond acceptors (Lipinski definition) is 2. The van der Waals surface area contributed by atoms with Gasteiger partial charge in [-0.2, -0.15) is 0 Å². The van der Waals surface area contributed by atoms with Crippen LogP contribution >= 0.6 is 23.2 Å². The molecule has 0 saturated carbocycles. The summed E-state index contributed by atoms with van der Waals surface area (Å²) < 4.78 is 0. The summed E-state index contributed by atoms with van der Waals surface area (Å²) in [5.41, 5.74) is 1.50. The molecule has 0 unspecified atom stereocenters. The zero-order valence-electron chi connectivity index (χ0n) is 13.5. The molecule has 1 fully saturated rings. The summed E-state index contributed by atoms with van der Waals surface area (Å²) in [6, 6.07) is 5.82. The Bertz CT molecular complexity index is 496. The lowest BCUT2D eigenvalue weighted by Gasteiger charge is -2.52. The molecule has 1 aliphatic heterocycles. The first kappa shape index (κ1) is 17.1. The second kappa shape index (κ2) is 6.45. The van der Waals surface area contributed by atoms with Crippen molar-refractivity contribution in [1.29, 1.82) is 0 Å². The van der Waals surface area contributed by atoms with E-state index in [2.05, 4.69) is 44.0 Å². The van der Waals surface area contributed by atoms with Crippen molar-refractivity contribution >= 4 is 23.2 Å². The molecule has 0 atom stereocenters. The Morgan fingerprint density at radius 2 is 1.86 bits per heavy atom. The lowest BCUT2D eigenvalue weighted by Crippen LogP contribution is -2.67. The van der Waals surface area contributed by atoms with Crippen LogP contribution in [0.3, 0.4) is 0 Å². The molecule has 4 heteroatoms. The summed E-state index contributed by atoms with van der Waals surface area (Å²) in [6.45, 7) is 12.0. The fourth-order valence-corrected chi connectivity index (χ4v) is 3.71. The van der Waals surface area contributed by atoms with E-state index in [1.54, 1.807) is 0 Å². The third kappa shape index (κ3) is 3.73. The van der Waals surface area contributed by atoms with Crippen LogP contribution in [0.1, 0.15) is 46.1 Å². The first-order valence-corrected chi connectivity index (χ1v) is 8.51. The van der Waals surface area contributed by atoms with E-state index in [1.807, 2.05) is 12.1 Å². The molecule has 2 nitrogen and oxygen atoms in total. The molecular formula is C17H26Cl2N2. The van der Waals surface area contributed by atoms with Crippen molar-refractivity contribution in [3.8, 4) is 0 Å². The number of hydrogen-bond donors (Lipinski definition) is 1. The Morgan fingerprint density at radius 1 is 1.19 bits per heavy atom. The van der Waals surface area contributed by atoms with Crippen LogP contribution in [0.15, 0.2) is 18.2 Å². The Hall–Kier alpha value is -0.280. The molecule has 0 amide bonds. The van der Waals surface area contributed by atoms with Crippen molar-refractivity contribution in [1.82, 2.24) is 10.2 Å². The standard InChI is InChI=1S/C17H26Cl2N2/c1-5-17(6-2)11-20-16(3,4)12-21(17)10-13-7-8-14(18)9-15(13)19/h7-9,20H,5-6,10-12H2,1-4H3. The van der Waals surface area contributed by atoms with Gasteiger partial charge in [-0.25, -0.2) is 0 Å². The summed E-state index contributed by atoms with van der Waals surface area (Å²) in [5.74, 6) is 0. The van der Waals surface area contributed by atoms with Crippen LogP contribution in [0.5, 0.6) is 0 Å². The van der Waals surface area contributed by atoms with Gasteiger partial charge in [0.05, 0.1) is 0 Å². The molecule has 1 N–H and O–H groups in total. The average Bonchev–Trinajstić information content (AvgIpc) is 2.42. The highest BCUT2D eigenvalue weighted by Gasteiger charge is 2.41. The van der Waals surface area contributed by atoms with Gasteiger partial charge in [-0.1, -0.05) is 43.1 Å². The van der Waals surface area contributed by atoms with E-state index in [9.17, 15) is 0 Å². The highest BCUT2D eigenvalue weighted by Crippen LogP contribution is 2.33. The van der Waals surface area contributed by atoms with E-state index in [4.69, 9.17) is 23.2 Å². The molecule has 0 radical (unpaired) electrons. The van der Waals surface area contributed by atoms with Crippen molar-refractivity contribution in [2.45, 2.75) is 58.2 Å². The number of nitrogens with one attached hydrogen (secondary N) is 1. The Balaban J connectivity index is 2.27. The minimum atomic E-state index is 0.132. The SMILES string of the molecule is CCC1(CC)CNC(C)(C)CN1Cc1ccc(Cl)cc1Cl. The summed E-state index contributed by atoms with van der Waals surface area (Å²) in [7, 11) is 0. The van der Waals surface area contributed by atoms with Crippen LogP contribution in [-0.4, -0.2) is 29.1 Å². The molecule has 0 aliphatic carbocycles. The van der Waals surface area contributed by atoms with Crippen molar-refractivity contribution in [3.05, 3.63) is 33.8 Å². The summed E-state index contributed by atoms with van der Waals surface area (Å²) in [6.07, 6.45) is 2.27. The Labute approximate surface area is 138 Å². The van der Waals surface area contributed by atoms with E-state index in [-0.39, 0.29) is 11.1 Å². The molecule has 0 bridgehead atoms. The topological polar surface area (TPSA) is 15.3 Å². The van der Waals surface area contributed by atoms with Gasteiger partial charge in [0.1, 0.15) is 0 Å². The van der Waals surface area contributed by atoms with Crippen LogP contribution < -0.4 is 5.32 Å². The first-order valence-electron chi connectivity index (χ1n) is 7.76. The summed E-state index contributed by atoms with van der Waals surface area (Å²) in [5, 5.41) is 5.15.